The average Bonchev–Trinajstić information content (AvgIpc) is 2.53. The number of H-pyrrole nitrogens is 1. The molecule has 2 aromatic carbocycles. The first kappa shape index (κ1) is 13.8. The van der Waals surface area contributed by atoms with E-state index in [-0.39, 0.29) is 11.5 Å². The van der Waals surface area contributed by atoms with E-state index in [2.05, 4.69) is 15.3 Å². The van der Waals surface area contributed by atoms with E-state index in [9.17, 15) is 9.59 Å². The quantitative estimate of drug-likeness (QED) is 0.638. The van der Waals surface area contributed by atoms with Crippen LogP contribution in [0, 0.1) is 0 Å². The van der Waals surface area contributed by atoms with Gasteiger partial charge in [0.1, 0.15) is 6.29 Å². The van der Waals surface area contributed by atoms with Crippen LogP contribution in [0.1, 0.15) is 15.9 Å². The highest BCUT2D eigenvalue weighted by atomic mass is 16.1. The van der Waals surface area contributed by atoms with Crippen molar-refractivity contribution in [3.05, 3.63) is 63.9 Å². The highest BCUT2D eigenvalue weighted by Gasteiger charge is 2.03. The molecular formula is C16H14N4O2. The van der Waals surface area contributed by atoms with Crippen LogP contribution in [-0.4, -0.2) is 16.3 Å². The molecule has 6 nitrogen and oxygen atoms in total. The smallest absolute Gasteiger partial charge is 0.260 e. The molecule has 0 radical (unpaired) electrons. The lowest BCUT2D eigenvalue weighted by atomic mass is 10.1. The molecule has 1 heterocycles. The summed E-state index contributed by atoms with van der Waals surface area (Å²) in [7, 11) is 0. The van der Waals surface area contributed by atoms with E-state index >= 15 is 0 Å². The topological polar surface area (TPSA) is 101 Å². The summed E-state index contributed by atoms with van der Waals surface area (Å²) in [5.74, 6) is 0.110. The number of carbonyl (C=O) groups excluding carboxylic acids is 1. The second kappa shape index (κ2) is 5.69. The summed E-state index contributed by atoms with van der Waals surface area (Å²) in [6.07, 6.45) is 0.804. The third-order valence-electron chi connectivity index (χ3n) is 3.33. The number of hydrogen-bond acceptors (Lipinski definition) is 5. The zero-order valence-electron chi connectivity index (χ0n) is 11.7. The molecule has 0 bridgehead atoms. The summed E-state index contributed by atoms with van der Waals surface area (Å²) in [5, 5.41) is 3.74. The molecule has 110 valence electrons. The molecule has 0 unspecified atom stereocenters. The summed E-state index contributed by atoms with van der Waals surface area (Å²) in [6, 6.07) is 12.6. The Balaban J connectivity index is 1.81. The highest BCUT2D eigenvalue weighted by molar-refractivity contribution is 5.79. The minimum Gasteiger partial charge on any atom is -0.381 e. The summed E-state index contributed by atoms with van der Waals surface area (Å²) in [4.78, 5) is 29.0. The van der Waals surface area contributed by atoms with Crippen molar-refractivity contribution in [2.75, 3.05) is 11.1 Å². The van der Waals surface area contributed by atoms with Crippen molar-refractivity contribution in [2.45, 2.75) is 6.54 Å². The molecule has 0 atom stereocenters. The molecule has 0 aliphatic rings. The fourth-order valence-electron chi connectivity index (χ4n) is 2.20. The summed E-state index contributed by atoms with van der Waals surface area (Å²) in [5.41, 5.74) is 8.31. The van der Waals surface area contributed by atoms with Gasteiger partial charge in [0, 0.05) is 17.8 Å². The van der Waals surface area contributed by atoms with Gasteiger partial charge in [-0.1, -0.05) is 6.07 Å². The van der Waals surface area contributed by atoms with Gasteiger partial charge in [0.05, 0.1) is 10.9 Å². The van der Waals surface area contributed by atoms with E-state index < -0.39 is 0 Å². The van der Waals surface area contributed by atoms with E-state index in [4.69, 9.17) is 5.73 Å². The van der Waals surface area contributed by atoms with Gasteiger partial charge in [-0.15, -0.1) is 0 Å². The second-order valence-electron chi connectivity index (χ2n) is 4.90. The van der Waals surface area contributed by atoms with Crippen molar-refractivity contribution < 1.29 is 4.79 Å². The molecule has 1 aromatic heterocycles. The Bertz CT molecular complexity index is 885. The van der Waals surface area contributed by atoms with Gasteiger partial charge in [-0.2, -0.15) is 0 Å². The molecule has 22 heavy (non-hydrogen) atoms. The number of fused-ring (bicyclic) bond motifs is 1. The Morgan fingerprint density at radius 1 is 1.18 bits per heavy atom. The maximum absolute atomic E-state index is 11.9. The standard InChI is InChI=1S/C16H14N4O2/c17-16-19-14-6-3-11(7-13(14)15(22)20-16)8-18-12-4-1-10(9-21)2-5-12/h1-7,9,18H,8H2,(H3,17,19,20,22). The molecule has 6 heteroatoms. The van der Waals surface area contributed by atoms with Crippen LogP contribution >= 0.6 is 0 Å². The number of anilines is 2. The highest BCUT2D eigenvalue weighted by Crippen LogP contribution is 2.14. The van der Waals surface area contributed by atoms with Crippen LogP contribution in [-0.2, 0) is 6.54 Å². The minimum atomic E-state index is -0.250. The Hall–Kier alpha value is -3.15. The van der Waals surface area contributed by atoms with Crippen LogP contribution in [0.2, 0.25) is 0 Å². The van der Waals surface area contributed by atoms with Crippen LogP contribution in [0.25, 0.3) is 10.9 Å². The Labute approximate surface area is 126 Å². The Kier molecular flexibility index (Phi) is 3.57. The zero-order valence-corrected chi connectivity index (χ0v) is 11.7. The number of aromatic nitrogens is 2. The molecule has 3 aromatic rings. The van der Waals surface area contributed by atoms with Gasteiger partial charge in [0.15, 0.2) is 0 Å². The first-order valence-electron chi connectivity index (χ1n) is 6.73. The maximum atomic E-state index is 11.9. The van der Waals surface area contributed by atoms with E-state index in [0.29, 0.717) is 23.0 Å². The number of nitrogens with zero attached hydrogens (tertiary/aromatic N) is 1. The van der Waals surface area contributed by atoms with Gasteiger partial charge < -0.3 is 11.1 Å². The number of benzene rings is 2. The van der Waals surface area contributed by atoms with Gasteiger partial charge in [-0.05, 0) is 42.0 Å². The third kappa shape index (κ3) is 2.80. The molecule has 3 rings (SSSR count). The molecule has 0 spiro atoms. The maximum Gasteiger partial charge on any atom is 0.260 e. The molecule has 0 saturated heterocycles. The van der Waals surface area contributed by atoms with E-state index in [1.807, 2.05) is 18.2 Å². The largest absolute Gasteiger partial charge is 0.381 e. The van der Waals surface area contributed by atoms with Gasteiger partial charge in [-0.25, -0.2) is 4.98 Å². The predicted molar refractivity (Wildman–Crippen MR) is 85.9 cm³/mol. The van der Waals surface area contributed by atoms with Crippen molar-refractivity contribution in [3.63, 3.8) is 0 Å². The van der Waals surface area contributed by atoms with E-state index in [1.165, 1.54) is 0 Å². The van der Waals surface area contributed by atoms with Crippen molar-refractivity contribution in [1.29, 1.82) is 0 Å². The number of aromatic amines is 1. The van der Waals surface area contributed by atoms with Crippen LogP contribution in [0.4, 0.5) is 11.6 Å². The van der Waals surface area contributed by atoms with Crippen molar-refractivity contribution in [2.24, 2.45) is 0 Å². The molecule has 0 saturated carbocycles. The van der Waals surface area contributed by atoms with Crippen molar-refractivity contribution >= 4 is 28.8 Å². The van der Waals surface area contributed by atoms with Crippen molar-refractivity contribution in [3.8, 4) is 0 Å². The van der Waals surface area contributed by atoms with Gasteiger partial charge in [0.25, 0.3) is 5.56 Å². The van der Waals surface area contributed by atoms with Gasteiger partial charge >= 0.3 is 0 Å². The predicted octanol–water partition coefficient (Wildman–Crippen LogP) is 1.93. The summed E-state index contributed by atoms with van der Waals surface area (Å²) in [6.45, 7) is 0.556. The second-order valence-corrected chi connectivity index (χ2v) is 4.90. The number of aldehydes is 1. The number of nitrogen functional groups attached to an aromatic ring is 1. The Morgan fingerprint density at radius 3 is 2.68 bits per heavy atom. The number of nitrogens with two attached hydrogens (primary N) is 1. The zero-order chi connectivity index (χ0) is 15.5. The van der Waals surface area contributed by atoms with Crippen LogP contribution < -0.4 is 16.6 Å². The molecule has 0 aliphatic heterocycles. The van der Waals surface area contributed by atoms with Gasteiger partial charge in [-0.3, -0.25) is 14.6 Å². The third-order valence-corrected chi connectivity index (χ3v) is 3.33. The Morgan fingerprint density at radius 2 is 1.95 bits per heavy atom. The van der Waals surface area contributed by atoms with E-state index in [1.54, 1.807) is 24.3 Å². The van der Waals surface area contributed by atoms with Crippen LogP contribution in [0.5, 0.6) is 0 Å². The monoisotopic (exact) mass is 294 g/mol. The lowest BCUT2D eigenvalue weighted by molar-refractivity contribution is 0.112. The first-order valence-corrected chi connectivity index (χ1v) is 6.73. The van der Waals surface area contributed by atoms with Gasteiger partial charge in [0.2, 0.25) is 5.95 Å². The molecular weight excluding hydrogens is 280 g/mol. The number of rotatable bonds is 4. The lowest BCUT2D eigenvalue weighted by Gasteiger charge is -2.07. The number of nitrogens with one attached hydrogen (secondary N) is 2. The fourth-order valence-corrected chi connectivity index (χ4v) is 2.20. The normalized spacial score (nSPS) is 10.5. The summed E-state index contributed by atoms with van der Waals surface area (Å²) >= 11 is 0. The molecule has 0 aliphatic carbocycles. The van der Waals surface area contributed by atoms with E-state index in [0.717, 1.165) is 17.5 Å². The van der Waals surface area contributed by atoms with Crippen molar-refractivity contribution in [1.82, 2.24) is 9.97 Å². The average molecular weight is 294 g/mol. The molecule has 4 N–H and O–H groups in total. The SMILES string of the molecule is Nc1nc2ccc(CNc3ccc(C=O)cc3)cc2c(=O)[nH]1. The number of carbonyl (C=O) groups is 1. The fraction of sp³-hybridized carbons (Fsp3) is 0.0625. The molecule has 0 amide bonds. The van der Waals surface area contributed by atoms with Crippen LogP contribution in [0.15, 0.2) is 47.3 Å². The van der Waals surface area contributed by atoms with Crippen LogP contribution in [0.3, 0.4) is 0 Å². The lowest BCUT2D eigenvalue weighted by Crippen LogP contribution is -2.11. The first-order chi connectivity index (χ1) is 10.7. The minimum absolute atomic E-state index is 0.110. The molecule has 0 fully saturated rings. The summed E-state index contributed by atoms with van der Waals surface area (Å²) < 4.78 is 0. The number of hydrogen-bond donors (Lipinski definition) is 3.